The second kappa shape index (κ2) is 2.08. The van der Waals surface area contributed by atoms with E-state index < -0.39 is 0 Å². The lowest BCUT2D eigenvalue weighted by molar-refractivity contribution is 0.519. The van der Waals surface area contributed by atoms with Gasteiger partial charge in [0.25, 0.3) is 0 Å². The van der Waals surface area contributed by atoms with Crippen molar-refractivity contribution in [2.75, 3.05) is 0 Å². The molecule has 2 rings (SSSR count). The summed E-state index contributed by atoms with van der Waals surface area (Å²) in [6.45, 7) is 4.31. The van der Waals surface area contributed by atoms with E-state index in [1.54, 1.807) is 0 Å². The molecule has 2 N–H and O–H groups in total. The number of aryl methyl sites for hydroxylation is 1. The van der Waals surface area contributed by atoms with Crippen LogP contribution in [0.4, 0.5) is 0 Å². The molecule has 1 heteroatoms. The Morgan fingerprint density at radius 1 is 1.27 bits per heavy atom. The van der Waals surface area contributed by atoms with E-state index in [1.807, 2.05) is 0 Å². The van der Waals surface area contributed by atoms with Crippen molar-refractivity contribution >= 4 is 0 Å². The van der Waals surface area contributed by atoms with Gasteiger partial charge in [-0.1, -0.05) is 30.7 Å². The van der Waals surface area contributed by atoms with Gasteiger partial charge in [0.15, 0.2) is 0 Å². The zero-order chi connectivity index (χ0) is 8.01. The SMILES string of the molecule is Cc1ccc2c(c1)C(C)C2N. The molecule has 0 spiro atoms. The molecule has 2 unspecified atom stereocenters. The summed E-state index contributed by atoms with van der Waals surface area (Å²) in [4.78, 5) is 0. The van der Waals surface area contributed by atoms with Crippen LogP contribution in [0.25, 0.3) is 0 Å². The first kappa shape index (κ1) is 6.86. The third-order valence-corrected chi connectivity index (χ3v) is 2.63. The smallest absolute Gasteiger partial charge is 0.0364 e. The predicted octanol–water partition coefficient (Wildman–Crippen LogP) is 2.11. The third-order valence-electron chi connectivity index (χ3n) is 2.63. The summed E-state index contributed by atoms with van der Waals surface area (Å²) in [5.74, 6) is 0.560. The van der Waals surface area contributed by atoms with Gasteiger partial charge in [0.2, 0.25) is 0 Å². The van der Waals surface area contributed by atoms with E-state index in [1.165, 1.54) is 16.7 Å². The summed E-state index contributed by atoms with van der Waals surface area (Å²) >= 11 is 0. The zero-order valence-corrected chi connectivity index (χ0v) is 6.96. The monoisotopic (exact) mass is 147 g/mol. The molecule has 0 amide bonds. The maximum Gasteiger partial charge on any atom is 0.0364 e. The summed E-state index contributed by atoms with van der Waals surface area (Å²) in [5, 5.41) is 0. The van der Waals surface area contributed by atoms with Crippen molar-refractivity contribution in [2.24, 2.45) is 5.73 Å². The zero-order valence-electron chi connectivity index (χ0n) is 6.96. The van der Waals surface area contributed by atoms with Crippen molar-refractivity contribution < 1.29 is 0 Å². The van der Waals surface area contributed by atoms with Crippen LogP contribution in [-0.2, 0) is 0 Å². The van der Waals surface area contributed by atoms with Crippen LogP contribution in [0.15, 0.2) is 18.2 Å². The van der Waals surface area contributed by atoms with Crippen LogP contribution >= 0.6 is 0 Å². The van der Waals surface area contributed by atoms with Crippen LogP contribution in [0, 0.1) is 6.92 Å². The minimum atomic E-state index is 0.283. The molecular weight excluding hydrogens is 134 g/mol. The Morgan fingerprint density at radius 3 is 2.73 bits per heavy atom. The van der Waals surface area contributed by atoms with E-state index >= 15 is 0 Å². The Labute approximate surface area is 67.2 Å². The molecule has 0 radical (unpaired) electrons. The van der Waals surface area contributed by atoms with Gasteiger partial charge in [-0.2, -0.15) is 0 Å². The van der Waals surface area contributed by atoms with Crippen molar-refractivity contribution in [1.29, 1.82) is 0 Å². The largest absolute Gasteiger partial charge is 0.323 e. The Morgan fingerprint density at radius 2 is 2.00 bits per heavy atom. The standard InChI is InChI=1S/C10H13N/c1-6-3-4-8-9(5-6)7(2)10(8)11/h3-5,7,10H,11H2,1-2H3. The minimum Gasteiger partial charge on any atom is -0.323 e. The molecule has 0 heterocycles. The van der Waals surface area contributed by atoms with Crippen LogP contribution in [0.5, 0.6) is 0 Å². The number of fused-ring (bicyclic) bond motifs is 1. The van der Waals surface area contributed by atoms with Crippen molar-refractivity contribution in [3.8, 4) is 0 Å². The maximum atomic E-state index is 5.88. The van der Waals surface area contributed by atoms with Crippen molar-refractivity contribution in [3.05, 3.63) is 34.9 Å². The molecule has 0 bridgehead atoms. The highest BCUT2D eigenvalue weighted by Crippen LogP contribution is 2.42. The van der Waals surface area contributed by atoms with Crippen LogP contribution in [-0.4, -0.2) is 0 Å². The molecule has 0 aromatic heterocycles. The molecule has 1 aromatic carbocycles. The first-order valence-electron chi connectivity index (χ1n) is 4.06. The molecule has 2 atom stereocenters. The van der Waals surface area contributed by atoms with Gasteiger partial charge in [-0.25, -0.2) is 0 Å². The average molecular weight is 147 g/mol. The van der Waals surface area contributed by atoms with E-state index in [0.29, 0.717) is 5.92 Å². The Kier molecular flexibility index (Phi) is 1.30. The number of benzene rings is 1. The summed E-state index contributed by atoms with van der Waals surface area (Å²) in [5.41, 5.74) is 10.00. The van der Waals surface area contributed by atoms with Crippen molar-refractivity contribution in [2.45, 2.75) is 25.8 Å². The normalized spacial score (nSPS) is 27.5. The fourth-order valence-electron chi connectivity index (χ4n) is 1.76. The lowest BCUT2D eigenvalue weighted by Gasteiger charge is -2.34. The topological polar surface area (TPSA) is 26.0 Å². The molecule has 1 nitrogen and oxygen atoms in total. The summed E-state index contributed by atoms with van der Waals surface area (Å²) in [7, 11) is 0. The highest BCUT2D eigenvalue weighted by molar-refractivity contribution is 5.45. The third kappa shape index (κ3) is 0.809. The van der Waals surface area contributed by atoms with Gasteiger partial charge in [-0.15, -0.1) is 0 Å². The molecule has 1 aliphatic rings. The van der Waals surface area contributed by atoms with Gasteiger partial charge in [0.1, 0.15) is 0 Å². The molecular formula is C10H13N. The van der Waals surface area contributed by atoms with Gasteiger partial charge < -0.3 is 5.73 Å². The molecule has 11 heavy (non-hydrogen) atoms. The van der Waals surface area contributed by atoms with Crippen molar-refractivity contribution in [1.82, 2.24) is 0 Å². The minimum absolute atomic E-state index is 0.283. The first-order valence-corrected chi connectivity index (χ1v) is 4.06. The van der Waals surface area contributed by atoms with E-state index in [0.717, 1.165) is 0 Å². The van der Waals surface area contributed by atoms with Crippen LogP contribution in [0.2, 0.25) is 0 Å². The van der Waals surface area contributed by atoms with Crippen molar-refractivity contribution in [3.63, 3.8) is 0 Å². The van der Waals surface area contributed by atoms with Gasteiger partial charge in [-0.05, 0) is 18.1 Å². The molecule has 0 aliphatic heterocycles. The summed E-state index contributed by atoms with van der Waals surface area (Å²) in [6.07, 6.45) is 0. The van der Waals surface area contributed by atoms with E-state index in [4.69, 9.17) is 5.73 Å². The first-order chi connectivity index (χ1) is 5.20. The fraction of sp³-hybridized carbons (Fsp3) is 0.400. The Hall–Kier alpha value is -0.820. The molecule has 0 saturated carbocycles. The van der Waals surface area contributed by atoms with E-state index in [9.17, 15) is 0 Å². The van der Waals surface area contributed by atoms with Crippen LogP contribution < -0.4 is 5.73 Å². The number of nitrogens with two attached hydrogens (primary N) is 1. The van der Waals surface area contributed by atoms with E-state index in [-0.39, 0.29) is 6.04 Å². The van der Waals surface area contributed by atoms with Crippen LogP contribution in [0.3, 0.4) is 0 Å². The average Bonchev–Trinajstić information content (AvgIpc) is 2.03. The maximum absolute atomic E-state index is 5.88. The lowest BCUT2D eigenvalue weighted by Crippen LogP contribution is -2.28. The number of hydrogen-bond acceptors (Lipinski definition) is 1. The Balaban J connectivity index is 2.50. The predicted molar refractivity (Wildman–Crippen MR) is 46.5 cm³/mol. The van der Waals surface area contributed by atoms with Gasteiger partial charge >= 0.3 is 0 Å². The van der Waals surface area contributed by atoms with Gasteiger partial charge in [-0.3, -0.25) is 0 Å². The quantitative estimate of drug-likeness (QED) is 0.597. The molecule has 0 saturated heterocycles. The summed E-state index contributed by atoms with van der Waals surface area (Å²) < 4.78 is 0. The van der Waals surface area contributed by atoms with Crippen LogP contribution in [0.1, 0.15) is 35.6 Å². The lowest BCUT2D eigenvalue weighted by atomic mass is 9.74. The second-order valence-corrected chi connectivity index (χ2v) is 3.45. The second-order valence-electron chi connectivity index (χ2n) is 3.45. The van der Waals surface area contributed by atoms with Gasteiger partial charge in [0.05, 0.1) is 0 Å². The Bertz CT molecular complexity index is 291. The fourth-order valence-corrected chi connectivity index (χ4v) is 1.76. The number of hydrogen-bond donors (Lipinski definition) is 1. The molecule has 1 aromatic rings. The highest BCUT2D eigenvalue weighted by Gasteiger charge is 2.30. The molecule has 58 valence electrons. The van der Waals surface area contributed by atoms with E-state index in [2.05, 4.69) is 32.0 Å². The summed E-state index contributed by atoms with van der Waals surface area (Å²) in [6, 6.07) is 6.80. The molecule has 0 fully saturated rings. The molecule has 1 aliphatic carbocycles. The highest BCUT2D eigenvalue weighted by atomic mass is 14.7. The van der Waals surface area contributed by atoms with Gasteiger partial charge in [0, 0.05) is 12.0 Å². The number of rotatable bonds is 0.